The summed E-state index contributed by atoms with van der Waals surface area (Å²) in [6, 6.07) is 1.45. The highest BCUT2D eigenvalue weighted by Crippen LogP contribution is 2.13. The lowest BCUT2D eigenvalue weighted by Crippen LogP contribution is -2.39. The Kier molecular flexibility index (Phi) is 8.06. The average molecular weight is 242 g/mol. The lowest BCUT2D eigenvalue weighted by molar-refractivity contribution is 0.164. The van der Waals surface area contributed by atoms with Gasteiger partial charge in [-0.3, -0.25) is 0 Å². The van der Waals surface area contributed by atoms with Crippen LogP contribution in [0.1, 0.15) is 67.2 Å². The van der Waals surface area contributed by atoms with Crippen LogP contribution in [0.25, 0.3) is 0 Å². The van der Waals surface area contributed by atoms with Gasteiger partial charge < -0.3 is 10.2 Å². The summed E-state index contributed by atoms with van der Waals surface area (Å²) < 4.78 is 0. The van der Waals surface area contributed by atoms with Crippen molar-refractivity contribution in [3.63, 3.8) is 0 Å². The lowest BCUT2D eigenvalue weighted by atomic mass is 10.1. The molecule has 0 aromatic heterocycles. The van der Waals surface area contributed by atoms with E-state index in [-0.39, 0.29) is 5.54 Å². The molecule has 0 rings (SSSR count). The molecule has 0 fully saturated rings. The molecule has 1 N–H and O–H groups in total. The highest BCUT2D eigenvalue weighted by Gasteiger charge is 2.16. The summed E-state index contributed by atoms with van der Waals surface area (Å²) >= 11 is 0. The monoisotopic (exact) mass is 242 g/mol. The minimum absolute atomic E-state index is 0.254. The summed E-state index contributed by atoms with van der Waals surface area (Å²) in [4.78, 5) is 2.55. The van der Waals surface area contributed by atoms with Crippen molar-refractivity contribution in [3.8, 4) is 0 Å². The third-order valence-electron chi connectivity index (χ3n) is 3.67. The summed E-state index contributed by atoms with van der Waals surface area (Å²) in [5, 5.41) is 3.55. The summed E-state index contributed by atoms with van der Waals surface area (Å²) in [7, 11) is 2.28. The van der Waals surface area contributed by atoms with Gasteiger partial charge in [-0.05, 0) is 67.0 Å². The van der Waals surface area contributed by atoms with Crippen LogP contribution in [0, 0.1) is 0 Å². The van der Waals surface area contributed by atoms with Crippen molar-refractivity contribution in [1.29, 1.82) is 0 Å². The zero-order chi connectivity index (χ0) is 13.5. The van der Waals surface area contributed by atoms with E-state index in [1.54, 1.807) is 0 Å². The smallest absolute Gasteiger partial charge is 0.00965 e. The van der Waals surface area contributed by atoms with E-state index in [1.807, 2.05) is 0 Å². The number of rotatable bonds is 8. The maximum absolute atomic E-state index is 3.55. The molecular formula is C15H34N2. The summed E-state index contributed by atoms with van der Waals surface area (Å²) in [6.45, 7) is 14.8. The fraction of sp³-hybridized carbons (Fsp3) is 1.00. The Balaban J connectivity index is 3.81. The molecule has 0 spiro atoms. The number of nitrogens with zero attached hydrogens (tertiary/aromatic N) is 1. The first-order chi connectivity index (χ1) is 7.81. The highest BCUT2D eigenvalue weighted by molar-refractivity contribution is 4.74. The Morgan fingerprint density at radius 2 is 1.65 bits per heavy atom. The van der Waals surface area contributed by atoms with Gasteiger partial charge in [0.25, 0.3) is 0 Å². The van der Waals surface area contributed by atoms with E-state index in [0.29, 0.717) is 6.04 Å². The molecule has 0 saturated carbocycles. The molecule has 0 amide bonds. The molecule has 1 unspecified atom stereocenters. The molecule has 0 aromatic carbocycles. The van der Waals surface area contributed by atoms with Gasteiger partial charge in [-0.15, -0.1) is 0 Å². The van der Waals surface area contributed by atoms with Crippen molar-refractivity contribution in [2.75, 3.05) is 13.6 Å². The van der Waals surface area contributed by atoms with E-state index in [0.717, 1.165) is 12.6 Å². The third kappa shape index (κ3) is 7.77. The zero-order valence-electron chi connectivity index (χ0n) is 13.1. The predicted molar refractivity (Wildman–Crippen MR) is 78.6 cm³/mol. The Morgan fingerprint density at radius 1 is 1.12 bits per heavy atom. The van der Waals surface area contributed by atoms with Crippen LogP contribution in [0.15, 0.2) is 0 Å². The van der Waals surface area contributed by atoms with Crippen molar-refractivity contribution in [2.45, 2.75) is 84.8 Å². The Bertz CT molecular complexity index is 180. The standard InChI is InChI=1S/C15H34N2/c1-8-14(9-2)17(7)13(3)11-10-12-16-15(4,5)6/h13-14,16H,8-12H2,1-7H3. The molecular weight excluding hydrogens is 208 g/mol. The SMILES string of the molecule is CCC(CC)N(C)C(C)CCCNC(C)(C)C. The predicted octanol–water partition coefficient (Wildman–Crippen LogP) is 3.66. The van der Waals surface area contributed by atoms with E-state index in [4.69, 9.17) is 0 Å². The zero-order valence-corrected chi connectivity index (χ0v) is 13.1. The molecule has 0 aromatic rings. The molecule has 2 nitrogen and oxygen atoms in total. The molecule has 17 heavy (non-hydrogen) atoms. The van der Waals surface area contributed by atoms with Crippen LogP contribution < -0.4 is 5.32 Å². The van der Waals surface area contributed by atoms with Gasteiger partial charge in [-0.25, -0.2) is 0 Å². The number of hydrogen-bond acceptors (Lipinski definition) is 2. The van der Waals surface area contributed by atoms with Gasteiger partial charge in [0, 0.05) is 17.6 Å². The van der Waals surface area contributed by atoms with Crippen molar-refractivity contribution >= 4 is 0 Å². The molecule has 0 aliphatic heterocycles. The van der Waals surface area contributed by atoms with E-state index in [1.165, 1.54) is 25.7 Å². The second-order valence-corrected chi connectivity index (χ2v) is 6.30. The second-order valence-electron chi connectivity index (χ2n) is 6.30. The molecule has 0 radical (unpaired) electrons. The van der Waals surface area contributed by atoms with E-state index >= 15 is 0 Å². The molecule has 1 atom stereocenters. The van der Waals surface area contributed by atoms with Crippen molar-refractivity contribution in [1.82, 2.24) is 10.2 Å². The topological polar surface area (TPSA) is 15.3 Å². The number of nitrogens with one attached hydrogen (secondary N) is 1. The summed E-state index contributed by atoms with van der Waals surface area (Å²) in [6.07, 6.45) is 5.08. The van der Waals surface area contributed by atoms with Crippen LogP contribution in [-0.2, 0) is 0 Å². The maximum Gasteiger partial charge on any atom is 0.00965 e. The van der Waals surface area contributed by atoms with Gasteiger partial charge in [-0.2, -0.15) is 0 Å². The summed E-state index contributed by atoms with van der Waals surface area (Å²) in [5.74, 6) is 0. The van der Waals surface area contributed by atoms with Gasteiger partial charge in [0.2, 0.25) is 0 Å². The maximum atomic E-state index is 3.55. The first-order valence-corrected chi connectivity index (χ1v) is 7.28. The lowest BCUT2D eigenvalue weighted by Gasteiger charge is -2.32. The van der Waals surface area contributed by atoms with E-state index < -0.39 is 0 Å². The Labute approximate surface area is 109 Å². The molecule has 0 heterocycles. The first kappa shape index (κ1) is 16.9. The molecule has 104 valence electrons. The fourth-order valence-corrected chi connectivity index (χ4v) is 2.29. The number of hydrogen-bond donors (Lipinski definition) is 1. The minimum atomic E-state index is 0.254. The Hall–Kier alpha value is -0.0800. The van der Waals surface area contributed by atoms with Gasteiger partial charge in [0.1, 0.15) is 0 Å². The van der Waals surface area contributed by atoms with Crippen LogP contribution in [0.5, 0.6) is 0 Å². The van der Waals surface area contributed by atoms with E-state index in [2.05, 4.69) is 58.8 Å². The van der Waals surface area contributed by atoms with Crippen LogP contribution in [0.3, 0.4) is 0 Å². The van der Waals surface area contributed by atoms with E-state index in [9.17, 15) is 0 Å². The van der Waals surface area contributed by atoms with Crippen LogP contribution in [-0.4, -0.2) is 36.1 Å². The molecule has 0 aliphatic rings. The van der Waals surface area contributed by atoms with Crippen molar-refractivity contribution in [3.05, 3.63) is 0 Å². The quantitative estimate of drug-likeness (QED) is 0.653. The largest absolute Gasteiger partial charge is 0.312 e. The molecule has 2 heteroatoms. The second kappa shape index (κ2) is 8.10. The van der Waals surface area contributed by atoms with Crippen LogP contribution in [0.2, 0.25) is 0 Å². The van der Waals surface area contributed by atoms with Crippen molar-refractivity contribution < 1.29 is 0 Å². The van der Waals surface area contributed by atoms with Gasteiger partial charge in [-0.1, -0.05) is 13.8 Å². The van der Waals surface area contributed by atoms with Gasteiger partial charge in [0.15, 0.2) is 0 Å². The third-order valence-corrected chi connectivity index (χ3v) is 3.67. The van der Waals surface area contributed by atoms with Gasteiger partial charge >= 0.3 is 0 Å². The highest BCUT2D eigenvalue weighted by atomic mass is 15.1. The summed E-state index contributed by atoms with van der Waals surface area (Å²) in [5.41, 5.74) is 0.254. The Morgan fingerprint density at radius 3 is 2.06 bits per heavy atom. The molecule has 0 saturated heterocycles. The van der Waals surface area contributed by atoms with Gasteiger partial charge in [0.05, 0.1) is 0 Å². The van der Waals surface area contributed by atoms with Crippen molar-refractivity contribution in [2.24, 2.45) is 0 Å². The normalized spacial score (nSPS) is 14.6. The molecule has 0 aliphatic carbocycles. The van der Waals surface area contributed by atoms with Crippen LogP contribution in [0.4, 0.5) is 0 Å². The molecule has 0 bridgehead atoms. The minimum Gasteiger partial charge on any atom is -0.312 e. The first-order valence-electron chi connectivity index (χ1n) is 7.28. The van der Waals surface area contributed by atoms with Crippen LogP contribution >= 0.6 is 0 Å². The average Bonchev–Trinajstić information content (AvgIpc) is 2.24. The fourth-order valence-electron chi connectivity index (χ4n) is 2.29.